The average molecular weight is 291 g/mol. The molecule has 1 heterocycles. The molecule has 0 bridgehead atoms. The summed E-state index contributed by atoms with van der Waals surface area (Å²) in [5.41, 5.74) is 1.55. The second-order valence-electron chi connectivity index (χ2n) is 3.94. The lowest BCUT2D eigenvalue weighted by Gasteiger charge is -2.26. The SMILES string of the molecule is Cl.O/N=C(\CN1CCOCC1)c1ccc(Cl)cc1. The van der Waals surface area contributed by atoms with Crippen LogP contribution in [0.2, 0.25) is 5.02 Å². The van der Waals surface area contributed by atoms with E-state index in [9.17, 15) is 0 Å². The zero-order chi connectivity index (χ0) is 12.1. The van der Waals surface area contributed by atoms with Gasteiger partial charge in [-0.1, -0.05) is 28.9 Å². The summed E-state index contributed by atoms with van der Waals surface area (Å²) in [6, 6.07) is 7.30. The number of halogens is 2. The third-order valence-electron chi connectivity index (χ3n) is 2.78. The predicted octanol–water partition coefficient (Wildman–Crippen LogP) is 2.27. The minimum absolute atomic E-state index is 0. The van der Waals surface area contributed by atoms with Gasteiger partial charge in [-0.25, -0.2) is 0 Å². The lowest BCUT2D eigenvalue weighted by Crippen LogP contribution is -2.39. The van der Waals surface area contributed by atoms with E-state index in [1.807, 2.05) is 12.1 Å². The molecule has 1 N–H and O–H groups in total. The van der Waals surface area contributed by atoms with E-state index < -0.39 is 0 Å². The van der Waals surface area contributed by atoms with Crippen LogP contribution in [0, 0.1) is 0 Å². The summed E-state index contributed by atoms with van der Waals surface area (Å²) in [7, 11) is 0. The van der Waals surface area contributed by atoms with E-state index in [0.717, 1.165) is 31.9 Å². The number of oxime groups is 1. The highest BCUT2D eigenvalue weighted by atomic mass is 35.5. The minimum Gasteiger partial charge on any atom is -0.411 e. The van der Waals surface area contributed by atoms with Crippen molar-refractivity contribution in [2.45, 2.75) is 0 Å². The molecule has 1 fully saturated rings. The molecule has 0 radical (unpaired) electrons. The first-order chi connectivity index (χ1) is 8.29. The third-order valence-corrected chi connectivity index (χ3v) is 3.03. The molecule has 0 aliphatic carbocycles. The molecule has 0 aromatic heterocycles. The normalized spacial score (nSPS) is 17.3. The summed E-state index contributed by atoms with van der Waals surface area (Å²) in [5.74, 6) is 0. The largest absolute Gasteiger partial charge is 0.411 e. The van der Waals surface area contributed by atoms with Crippen LogP contribution in [0.15, 0.2) is 29.4 Å². The molecule has 1 aliphatic rings. The zero-order valence-electron chi connectivity index (χ0n) is 9.88. The molecule has 1 aromatic carbocycles. The van der Waals surface area contributed by atoms with E-state index in [2.05, 4.69) is 10.1 Å². The average Bonchev–Trinajstić information content (AvgIpc) is 2.38. The number of hydrogen-bond acceptors (Lipinski definition) is 4. The van der Waals surface area contributed by atoms with Gasteiger partial charge in [0.15, 0.2) is 0 Å². The number of morpholine rings is 1. The molecule has 6 heteroatoms. The first kappa shape index (κ1) is 15.2. The Labute approximate surface area is 118 Å². The second-order valence-corrected chi connectivity index (χ2v) is 4.38. The Kier molecular flexibility index (Phi) is 6.43. The summed E-state index contributed by atoms with van der Waals surface area (Å²) in [6.07, 6.45) is 0. The summed E-state index contributed by atoms with van der Waals surface area (Å²) >= 11 is 5.82. The number of hydrogen-bond donors (Lipinski definition) is 1. The first-order valence-corrected chi connectivity index (χ1v) is 5.94. The Bertz CT molecular complexity index is 390. The van der Waals surface area contributed by atoms with Crippen molar-refractivity contribution < 1.29 is 9.94 Å². The summed E-state index contributed by atoms with van der Waals surface area (Å²) in [5, 5.41) is 13.1. The Morgan fingerprint density at radius 3 is 2.44 bits per heavy atom. The van der Waals surface area contributed by atoms with Gasteiger partial charge in [0, 0.05) is 30.2 Å². The fourth-order valence-corrected chi connectivity index (χ4v) is 1.92. The highest BCUT2D eigenvalue weighted by Crippen LogP contribution is 2.11. The maximum Gasteiger partial charge on any atom is 0.101 e. The van der Waals surface area contributed by atoms with Crippen molar-refractivity contribution in [3.05, 3.63) is 34.9 Å². The molecule has 1 aliphatic heterocycles. The van der Waals surface area contributed by atoms with Gasteiger partial charge in [-0.2, -0.15) is 0 Å². The zero-order valence-corrected chi connectivity index (χ0v) is 11.5. The first-order valence-electron chi connectivity index (χ1n) is 5.56. The Hall–Kier alpha value is -0.810. The van der Waals surface area contributed by atoms with E-state index in [-0.39, 0.29) is 12.4 Å². The standard InChI is InChI=1S/C12H15ClN2O2.ClH/c13-11-3-1-10(2-4-11)12(14-16)9-15-5-7-17-8-6-15;/h1-4,16H,5-9H2;1H/b14-12+;. The molecule has 1 saturated heterocycles. The van der Waals surface area contributed by atoms with Crippen molar-refractivity contribution >= 4 is 29.7 Å². The number of ether oxygens (including phenoxy) is 1. The molecule has 18 heavy (non-hydrogen) atoms. The van der Waals surface area contributed by atoms with Gasteiger partial charge in [0.1, 0.15) is 5.71 Å². The van der Waals surface area contributed by atoms with Crippen LogP contribution in [-0.4, -0.2) is 48.7 Å². The van der Waals surface area contributed by atoms with Crippen molar-refractivity contribution in [1.29, 1.82) is 0 Å². The van der Waals surface area contributed by atoms with Crippen LogP contribution in [0.5, 0.6) is 0 Å². The molecule has 0 atom stereocenters. The number of rotatable bonds is 3. The maximum absolute atomic E-state index is 9.08. The van der Waals surface area contributed by atoms with E-state index in [1.54, 1.807) is 12.1 Å². The highest BCUT2D eigenvalue weighted by Gasteiger charge is 2.14. The maximum atomic E-state index is 9.08. The number of benzene rings is 1. The van der Waals surface area contributed by atoms with Crippen molar-refractivity contribution in [1.82, 2.24) is 4.90 Å². The lowest BCUT2D eigenvalue weighted by atomic mass is 10.1. The monoisotopic (exact) mass is 290 g/mol. The van der Waals surface area contributed by atoms with Gasteiger partial charge < -0.3 is 9.94 Å². The van der Waals surface area contributed by atoms with Gasteiger partial charge in [0.25, 0.3) is 0 Å². The lowest BCUT2D eigenvalue weighted by molar-refractivity contribution is 0.0450. The molecule has 1 aromatic rings. The van der Waals surface area contributed by atoms with Crippen LogP contribution in [0.1, 0.15) is 5.56 Å². The van der Waals surface area contributed by atoms with Gasteiger partial charge in [-0.05, 0) is 12.1 Å². The van der Waals surface area contributed by atoms with E-state index in [0.29, 0.717) is 17.3 Å². The quantitative estimate of drug-likeness (QED) is 0.528. The number of nitrogens with zero attached hydrogens (tertiary/aromatic N) is 2. The molecule has 4 nitrogen and oxygen atoms in total. The highest BCUT2D eigenvalue weighted by molar-refractivity contribution is 6.30. The summed E-state index contributed by atoms with van der Waals surface area (Å²) < 4.78 is 5.27. The van der Waals surface area contributed by atoms with Crippen LogP contribution in [0.3, 0.4) is 0 Å². The van der Waals surface area contributed by atoms with Gasteiger partial charge in [-0.15, -0.1) is 12.4 Å². The minimum atomic E-state index is 0. The van der Waals surface area contributed by atoms with E-state index in [4.69, 9.17) is 21.5 Å². The summed E-state index contributed by atoms with van der Waals surface area (Å²) in [4.78, 5) is 2.20. The van der Waals surface area contributed by atoms with Crippen LogP contribution >= 0.6 is 24.0 Å². The van der Waals surface area contributed by atoms with Crippen molar-refractivity contribution in [2.75, 3.05) is 32.8 Å². The predicted molar refractivity (Wildman–Crippen MR) is 74.3 cm³/mol. The fraction of sp³-hybridized carbons (Fsp3) is 0.417. The van der Waals surface area contributed by atoms with E-state index >= 15 is 0 Å². The molecular weight excluding hydrogens is 275 g/mol. The van der Waals surface area contributed by atoms with Crippen molar-refractivity contribution in [3.8, 4) is 0 Å². The van der Waals surface area contributed by atoms with Crippen LogP contribution < -0.4 is 0 Å². The van der Waals surface area contributed by atoms with Crippen molar-refractivity contribution in [3.63, 3.8) is 0 Å². The molecule has 100 valence electrons. The van der Waals surface area contributed by atoms with Crippen molar-refractivity contribution in [2.24, 2.45) is 5.16 Å². The van der Waals surface area contributed by atoms with Gasteiger partial charge in [0.2, 0.25) is 0 Å². The molecule has 2 rings (SSSR count). The van der Waals surface area contributed by atoms with Gasteiger partial charge in [0.05, 0.1) is 13.2 Å². The summed E-state index contributed by atoms with van der Waals surface area (Å²) in [6.45, 7) is 3.83. The Morgan fingerprint density at radius 1 is 1.28 bits per heavy atom. The molecule has 0 unspecified atom stereocenters. The van der Waals surface area contributed by atoms with E-state index in [1.165, 1.54) is 0 Å². The molecule has 0 amide bonds. The smallest absolute Gasteiger partial charge is 0.101 e. The van der Waals surface area contributed by atoms with Crippen LogP contribution in [0.25, 0.3) is 0 Å². The Balaban J connectivity index is 0.00000162. The molecular formula is C12H16Cl2N2O2. The molecule has 0 saturated carbocycles. The third kappa shape index (κ3) is 4.14. The second kappa shape index (κ2) is 7.59. The topological polar surface area (TPSA) is 45.1 Å². The van der Waals surface area contributed by atoms with Crippen LogP contribution in [-0.2, 0) is 4.74 Å². The van der Waals surface area contributed by atoms with Gasteiger partial charge >= 0.3 is 0 Å². The van der Waals surface area contributed by atoms with Gasteiger partial charge in [-0.3, -0.25) is 4.90 Å². The molecule has 0 spiro atoms. The van der Waals surface area contributed by atoms with Crippen LogP contribution in [0.4, 0.5) is 0 Å². The fourth-order valence-electron chi connectivity index (χ4n) is 1.79. The Morgan fingerprint density at radius 2 is 1.89 bits per heavy atom.